The van der Waals surface area contributed by atoms with Crippen molar-refractivity contribution in [3.05, 3.63) is 75.9 Å². The maximum Gasteiger partial charge on any atom is 0.221 e. The summed E-state index contributed by atoms with van der Waals surface area (Å²) in [5.74, 6) is -0.522. The molecule has 0 aromatic heterocycles. The van der Waals surface area contributed by atoms with E-state index in [0.29, 0.717) is 10.6 Å². The number of halogens is 1. The maximum atomic E-state index is 12.6. The summed E-state index contributed by atoms with van der Waals surface area (Å²) in [5, 5.41) is 3.21. The lowest BCUT2D eigenvalue weighted by molar-refractivity contribution is -0.118. The summed E-state index contributed by atoms with van der Waals surface area (Å²) in [6.07, 6.45) is 1.64. The summed E-state index contributed by atoms with van der Waals surface area (Å²) in [7, 11) is 0. The zero-order valence-electron chi connectivity index (χ0n) is 12.4. The summed E-state index contributed by atoms with van der Waals surface area (Å²) >= 11 is 5.85. The molecule has 0 radical (unpaired) electrons. The van der Waals surface area contributed by atoms with Crippen molar-refractivity contribution in [2.24, 2.45) is 0 Å². The fraction of sp³-hybridized carbons (Fsp3) is 0.111. The number of ketones is 1. The highest BCUT2D eigenvalue weighted by Crippen LogP contribution is 2.15. The van der Waals surface area contributed by atoms with E-state index in [1.54, 1.807) is 42.5 Å². The van der Waals surface area contributed by atoms with Crippen molar-refractivity contribution in [1.82, 2.24) is 5.32 Å². The molecule has 112 valence electrons. The summed E-state index contributed by atoms with van der Waals surface area (Å²) in [5.41, 5.74) is 2.62. The van der Waals surface area contributed by atoms with E-state index in [2.05, 4.69) is 5.32 Å². The number of Topliss-reactive ketones (excluding diaryl/α,β-unsaturated/α-hetero) is 1. The molecular formula is C18H16ClNO2. The van der Waals surface area contributed by atoms with Gasteiger partial charge in [0.25, 0.3) is 0 Å². The third kappa shape index (κ3) is 4.30. The number of benzene rings is 2. The molecule has 2 rings (SSSR count). The lowest BCUT2D eigenvalue weighted by Gasteiger charge is -2.08. The van der Waals surface area contributed by atoms with E-state index in [1.165, 1.54) is 6.92 Å². The zero-order chi connectivity index (χ0) is 16.1. The van der Waals surface area contributed by atoms with Gasteiger partial charge in [-0.15, -0.1) is 0 Å². The molecule has 0 saturated heterocycles. The van der Waals surface area contributed by atoms with Crippen LogP contribution in [-0.2, 0) is 4.79 Å². The van der Waals surface area contributed by atoms with Gasteiger partial charge in [0.1, 0.15) is 0 Å². The van der Waals surface area contributed by atoms with Crippen LogP contribution in [0.2, 0.25) is 5.02 Å². The van der Waals surface area contributed by atoms with Crippen molar-refractivity contribution in [3.63, 3.8) is 0 Å². The monoisotopic (exact) mass is 313 g/mol. The van der Waals surface area contributed by atoms with Gasteiger partial charge in [0.2, 0.25) is 11.7 Å². The van der Waals surface area contributed by atoms with Crippen LogP contribution in [0.5, 0.6) is 0 Å². The minimum atomic E-state index is -0.291. The van der Waals surface area contributed by atoms with Crippen molar-refractivity contribution in [2.75, 3.05) is 0 Å². The predicted molar refractivity (Wildman–Crippen MR) is 88.8 cm³/mol. The van der Waals surface area contributed by atoms with Crippen LogP contribution in [0, 0.1) is 6.92 Å². The molecule has 1 N–H and O–H groups in total. The largest absolute Gasteiger partial charge is 0.323 e. The van der Waals surface area contributed by atoms with E-state index >= 15 is 0 Å². The first-order valence-electron chi connectivity index (χ1n) is 6.82. The lowest BCUT2D eigenvalue weighted by atomic mass is 10.0. The summed E-state index contributed by atoms with van der Waals surface area (Å²) in [4.78, 5) is 23.9. The third-order valence-electron chi connectivity index (χ3n) is 3.05. The van der Waals surface area contributed by atoms with E-state index in [4.69, 9.17) is 11.6 Å². The smallest absolute Gasteiger partial charge is 0.221 e. The average Bonchev–Trinajstić information content (AvgIpc) is 2.48. The molecule has 2 aromatic rings. The van der Waals surface area contributed by atoms with Gasteiger partial charge in [-0.1, -0.05) is 53.6 Å². The predicted octanol–water partition coefficient (Wildman–Crippen LogP) is 4.01. The molecule has 0 aliphatic heterocycles. The van der Waals surface area contributed by atoms with Crippen molar-refractivity contribution >= 4 is 29.4 Å². The Bertz CT molecular complexity index is 716. The summed E-state index contributed by atoms with van der Waals surface area (Å²) < 4.78 is 0. The van der Waals surface area contributed by atoms with Crippen LogP contribution in [0.4, 0.5) is 0 Å². The second-order valence-electron chi connectivity index (χ2n) is 4.99. The Balaban J connectivity index is 2.36. The van der Waals surface area contributed by atoms with E-state index in [0.717, 1.165) is 11.1 Å². The highest BCUT2D eigenvalue weighted by molar-refractivity contribution is 6.30. The van der Waals surface area contributed by atoms with E-state index in [-0.39, 0.29) is 17.4 Å². The lowest BCUT2D eigenvalue weighted by Crippen LogP contribution is -2.25. The van der Waals surface area contributed by atoms with Gasteiger partial charge in [0, 0.05) is 17.5 Å². The fourth-order valence-electron chi connectivity index (χ4n) is 1.93. The molecule has 1 amide bonds. The number of carbonyl (C=O) groups is 2. The highest BCUT2D eigenvalue weighted by Gasteiger charge is 2.13. The molecule has 0 bridgehead atoms. The van der Waals surface area contributed by atoms with Gasteiger partial charge >= 0.3 is 0 Å². The Labute approximate surface area is 134 Å². The van der Waals surface area contributed by atoms with Crippen molar-refractivity contribution < 1.29 is 9.59 Å². The minimum Gasteiger partial charge on any atom is -0.323 e. The Morgan fingerprint density at radius 2 is 1.59 bits per heavy atom. The number of allylic oxidation sites excluding steroid dienone is 1. The average molecular weight is 314 g/mol. The maximum absolute atomic E-state index is 12.6. The summed E-state index contributed by atoms with van der Waals surface area (Å²) in [6, 6.07) is 14.2. The number of hydrogen-bond acceptors (Lipinski definition) is 2. The molecule has 0 spiro atoms. The molecular weight excluding hydrogens is 298 g/mol. The fourth-order valence-corrected chi connectivity index (χ4v) is 2.06. The van der Waals surface area contributed by atoms with Gasteiger partial charge in [0.05, 0.1) is 5.70 Å². The second kappa shape index (κ2) is 7.05. The van der Waals surface area contributed by atoms with Crippen LogP contribution in [-0.4, -0.2) is 11.7 Å². The number of nitrogens with one attached hydrogen (secondary N) is 1. The third-order valence-corrected chi connectivity index (χ3v) is 3.30. The van der Waals surface area contributed by atoms with Crippen LogP contribution in [0.3, 0.4) is 0 Å². The molecule has 0 atom stereocenters. The zero-order valence-corrected chi connectivity index (χ0v) is 13.1. The van der Waals surface area contributed by atoms with Gasteiger partial charge in [-0.2, -0.15) is 0 Å². The number of carbonyl (C=O) groups excluding carboxylic acids is 2. The van der Waals surface area contributed by atoms with Crippen LogP contribution < -0.4 is 5.32 Å². The topological polar surface area (TPSA) is 46.2 Å². The van der Waals surface area contributed by atoms with Crippen molar-refractivity contribution in [2.45, 2.75) is 13.8 Å². The molecule has 22 heavy (non-hydrogen) atoms. The molecule has 0 aliphatic rings. The Hall–Kier alpha value is -2.39. The minimum absolute atomic E-state index is 0.231. The van der Waals surface area contributed by atoms with E-state index in [1.807, 2.05) is 19.1 Å². The summed E-state index contributed by atoms with van der Waals surface area (Å²) in [6.45, 7) is 3.32. The van der Waals surface area contributed by atoms with Crippen LogP contribution in [0.1, 0.15) is 28.4 Å². The number of amides is 1. The second-order valence-corrected chi connectivity index (χ2v) is 5.42. The molecule has 0 aliphatic carbocycles. The SMILES string of the molecule is CC(=O)N/C(=C\c1ccc(Cl)cc1)C(=O)c1ccc(C)cc1. The molecule has 4 heteroatoms. The van der Waals surface area contributed by atoms with Crippen molar-refractivity contribution in [1.29, 1.82) is 0 Å². The quantitative estimate of drug-likeness (QED) is 0.685. The highest BCUT2D eigenvalue weighted by atomic mass is 35.5. The first-order valence-corrected chi connectivity index (χ1v) is 7.20. The molecule has 3 nitrogen and oxygen atoms in total. The molecule has 0 fully saturated rings. The van der Waals surface area contributed by atoms with Gasteiger partial charge in [-0.3, -0.25) is 9.59 Å². The van der Waals surface area contributed by atoms with E-state index < -0.39 is 0 Å². The Morgan fingerprint density at radius 3 is 2.14 bits per heavy atom. The molecule has 0 saturated carbocycles. The first-order chi connectivity index (χ1) is 10.5. The van der Waals surface area contributed by atoms with Gasteiger partial charge in [-0.25, -0.2) is 0 Å². The van der Waals surface area contributed by atoms with Gasteiger partial charge in [-0.05, 0) is 30.7 Å². The van der Waals surface area contributed by atoms with Crippen LogP contribution in [0.25, 0.3) is 6.08 Å². The van der Waals surface area contributed by atoms with Crippen LogP contribution >= 0.6 is 11.6 Å². The Morgan fingerprint density at radius 1 is 1.00 bits per heavy atom. The Kier molecular flexibility index (Phi) is 5.12. The normalized spacial score (nSPS) is 11.1. The molecule has 0 unspecified atom stereocenters. The molecule has 0 heterocycles. The van der Waals surface area contributed by atoms with E-state index in [9.17, 15) is 9.59 Å². The van der Waals surface area contributed by atoms with Crippen LogP contribution in [0.15, 0.2) is 54.2 Å². The molecule has 2 aromatic carbocycles. The standard InChI is InChI=1S/C18H16ClNO2/c1-12-3-7-15(8-4-12)18(22)17(20-13(2)21)11-14-5-9-16(19)10-6-14/h3-11H,1-2H3,(H,20,21)/b17-11-. The number of rotatable bonds is 4. The number of aryl methyl sites for hydroxylation is 1. The number of hydrogen-bond donors (Lipinski definition) is 1. The van der Waals surface area contributed by atoms with Gasteiger partial charge in [0.15, 0.2) is 0 Å². The van der Waals surface area contributed by atoms with Gasteiger partial charge < -0.3 is 5.32 Å². The van der Waals surface area contributed by atoms with Crippen molar-refractivity contribution in [3.8, 4) is 0 Å². The first kappa shape index (κ1) is 16.0.